The molecule has 1 aromatic carbocycles. The Morgan fingerprint density at radius 3 is 2.28 bits per heavy atom. The second-order valence-corrected chi connectivity index (χ2v) is 4.73. The van der Waals surface area contributed by atoms with Gasteiger partial charge in [-0.3, -0.25) is 0 Å². The maximum atomic E-state index is 12.5. The number of alkyl halides is 3. The lowest BCUT2D eigenvalue weighted by Crippen LogP contribution is -2.39. The van der Waals surface area contributed by atoms with Crippen molar-refractivity contribution in [2.24, 2.45) is 11.7 Å². The highest BCUT2D eigenvalue weighted by molar-refractivity contribution is 6.30. The Balaban J connectivity index is 2.55. The normalized spacial score (nSPS) is 13.9. The summed E-state index contributed by atoms with van der Waals surface area (Å²) in [7, 11) is 1.64. The van der Waals surface area contributed by atoms with Gasteiger partial charge >= 0.3 is 6.18 Å². The van der Waals surface area contributed by atoms with Gasteiger partial charge in [-0.05, 0) is 24.7 Å². The second-order valence-electron chi connectivity index (χ2n) is 4.30. The van der Waals surface area contributed by atoms with Crippen LogP contribution in [0.2, 0.25) is 5.02 Å². The van der Waals surface area contributed by atoms with Crippen molar-refractivity contribution < 1.29 is 13.2 Å². The first-order chi connectivity index (χ1) is 8.32. The summed E-state index contributed by atoms with van der Waals surface area (Å²) in [6, 6.07) is 7.03. The highest BCUT2D eigenvalue weighted by Crippen LogP contribution is 2.26. The number of rotatable bonds is 5. The van der Waals surface area contributed by atoms with Crippen molar-refractivity contribution in [3.05, 3.63) is 34.9 Å². The minimum Gasteiger partial charge on any atom is -0.330 e. The largest absolute Gasteiger partial charge is 0.394 e. The Bertz CT molecular complexity index is 365. The number of benzene rings is 1. The van der Waals surface area contributed by atoms with Gasteiger partial charge < -0.3 is 10.6 Å². The Kier molecular flexibility index (Phi) is 5.44. The molecular formula is C12H16ClF3N2. The quantitative estimate of drug-likeness (QED) is 0.899. The van der Waals surface area contributed by atoms with Gasteiger partial charge in [-0.2, -0.15) is 13.2 Å². The third-order valence-corrected chi connectivity index (χ3v) is 2.90. The lowest BCUT2D eigenvalue weighted by molar-refractivity contribution is -0.175. The summed E-state index contributed by atoms with van der Waals surface area (Å²) in [4.78, 5) is 1.61. The average molecular weight is 281 g/mol. The van der Waals surface area contributed by atoms with E-state index in [1.165, 1.54) is 0 Å². The van der Waals surface area contributed by atoms with Crippen LogP contribution in [0.25, 0.3) is 0 Å². The van der Waals surface area contributed by atoms with E-state index in [9.17, 15) is 13.2 Å². The molecule has 2 N–H and O–H groups in total. The van der Waals surface area contributed by atoms with E-state index in [0.29, 0.717) is 11.6 Å². The molecule has 6 heteroatoms. The molecule has 0 spiro atoms. The zero-order chi connectivity index (χ0) is 13.8. The van der Waals surface area contributed by atoms with Crippen molar-refractivity contribution in [1.82, 2.24) is 4.90 Å². The predicted octanol–water partition coefficient (Wildman–Crippen LogP) is 2.91. The van der Waals surface area contributed by atoms with Crippen LogP contribution >= 0.6 is 11.6 Å². The number of nitrogens with zero attached hydrogens (tertiary/aromatic N) is 1. The van der Waals surface area contributed by atoms with Crippen molar-refractivity contribution in [3.63, 3.8) is 0 Å². The maximum Gasteiger partial charge on any atom is 0.394 e. The molecule has 1 atom stereocenters. The van der Waals surface area contributed by atoms with Gasteiger partial charge in [0.15, 0.2) is 0 Å². The van der Waals surface area contributed by atoms with Gasteiger partial charge in [0.05, 0.1) is 5.92 Å². The van der Waals surface area contributed by atoms with Crippen molar-refractivity contribution in [2.45, 2.75) is 12.7 Å². The Morgan fingerprint density at radius 2 is 1.83 bits per heavy atom. The fraction of sp³-hybridized carbons (Fsp3) is 0.500. The fourth-order valence-electron chi connectivity index (χ4n) is 1.65. The number of hydrogen-bond acceptors (Lipinski definition) is 2. The molecule has 1 rings (SSSR count). The molecule has 18 heavy (non-hydrogen) atoms. The van der Waals surface area contributed by atoms with Gasteiger partial charge in [-0.1, -0.05) is 23.7 Å². The van der Waals surface area contributed by atoms with E-state index in [-0.39, 0.29) is 6.54 Å². The summed E-state index contributed by atoms with van der Waals surface area (Å²) >= 11 is 5.74. The highest BCUT2D eigenvalue weighted by atomic mass is 35.5. The molecule has 0 saturated heterocycles. The van der Waals surface area contributed by atoms with E-state index in [2.05, 4.69) is 0 Å². The molecule has 0 saturated carbocycles. The van der Waals surface area contributed by atoms with Gasteiger partial charge in [-0.15, -0.1) is 0 Å². The molecular weight excluding hydrogens is 265 g/mol. The third kappa shape index (κ3) is 4.84. The topological polar surface area (TPSA) is 29.3 Å². The van der Waals surface area contributed by atoms with Crippen molar-refractivity contribution in [3.8, 4) is 0 Å². The van der Waals surface area contributed by atoms with E-state index < -0.39 is 18.6 Å². The van der Waals surface area contributed by atoms with E-state index >= 15 is 0 Å². The number of hydrogen-bond donors (Lipinski definition) is 1. The summed E-state index contributed by atoms with van der Waals surface area (Å²) in [5, 5.41) is 0.608. The SMILES string of the molecule is CN(Cc1ccc(Cl)cc1)CC(CN)C(F)(F)F. The van der Waals surface area contributed by atoms with Gasteiger partial charge in [0.1, 0.15) is 0 Å². The first kappa shape index (κ1) is 15.3. The summed E-state index contributed by atoms with van der Waals surface area (Å²) in [5.74, 6) is -1.49. The van der Waals surface area contributed by atoms with Crippen molar-refractivity contribution >= 4 is 11.6 Å². The van der Waals surface area contributed by atoms with Crippen LogP contribution in [0, 0.1) is 5.92 Å². The Morgan fingerprint density at radius 1 is 1.28 bits per heavy atom. The molecule has 2 nitrogen and oxygen atoms in total. The van der Waals surface area contributed by atoms with Crippen molar-refractivity contribution in [1.29, 1.82) is 0 Å². The fourth-order valence-corrected chi connectivity index (χ4v) is 1.78. The summed E-state index contributed by atoms with van der Waals surface area (Å²) in [6.07, 6.45) is -4.25. The first-order valence-electron chi connectivity index (χ1n) is 5.52. The molecule has 1 aromatic rings. The molecule has 0 aliphatic carbocycles. The smallest absolute Gasteiger partial charge is 0.330 e. The van der Waals surface area contributed by atoms with Crippen LogP contribution in [-0.2, 0) is 6.54 Å². The maximum absolute atomic E-state index is 12.5. The van der Waals surface area contributed by atoms with Crippen LogP contribution in [0.1, 0.15) is 5.56 Å². The molecule has 0 aliphatic rings. The van der Waals surface area contributed by atoms with Crippen LogP contribution in [-0.4, -0.2) is 31.2 Å². The van der Waals surface area contributed by atoms with E-state index in [4.69, 9.17) is 17.3 Å². The zero-order valence-electron chi connectivity index (χ0n) is 10.0. The summed E-state index contributed by atoms with van der Waals surface area (Å²) in [5.41, 5.74) is 6.07. The number of halogens is 4. The van der Waals surface area contributed by atoms with Crippen LogP contribution in [0.4, 0.5) is 13.2 Å². The average Bonchev–Trinajstić information content (AvgIpc) is 2.27. The molecule has 0 bridgehead atoms. The molecule has 0 amide bonds. The molecule has 0 aromatic heterocycles. The van der Waals surface area contributed by atoms with Crippen LogP contribution in [0.15, 0.2) is 24.3 Å². The van der Waals surface area contributed by atoms with Crippen LogP contribution < -0.4 is 5.73 Å². The second kappa shape index (κ2) is 6.41. The highest BCUT2D eigenvalue weighted by Gasteiger charge is 2.38. The summed E-state index contributed by atoms with van der Waals surface area (Å²) < 4.78 is 37.6. The third-order valence-electron chi connectivity index (χ3n) is 2.65. The summed E-state index contributed by atoms with van der Waals surface area (Å²) in [6.45, 7) is -0.0686. The van der Waals surface area contributed by atoms with Crippen molar-refractivity contribution in [2.75, 3.05) is 20.1 Å². The Hall–Kier alpha value is -0.780. The van der Waals surface area contributed by atoms with E-state index in [0.717, 1.165) is 5.56 Å². The van der Waals surface area contributed by atoms with E-state index in [1.54, 1.807) is 36.2 Å². The predicted molar refractivity (Wildman–Crippen MR) is 66.4 cm³/mol. The minimum atomic E-state index is -4.25. The van der Waals surface area contributed by atoms with Gasteiger partial charge in [0.2, 0.25) is 0 Å². The molecule has 0 heterocycles. The standard InChI is InChI=1S/C12H16ClF3N2/c1-18(8-10(6-17)12(14,15)16)7-9-2-4-11(13)5-3-9/h2-5,10H,6-8,17H2,1H3. The number of nitrogens with two attached hydrogens (primary N) is 1. The molecule has 0 aliphatic heterocycles. The zero-order valence-corrected chi connectivity index (χ0v) is 10.8. The molecule has 0 radical (unpaired) electrons. The lowest BCUT2D eigenvalue weighted by Gasteiger charge is -2.24. The van der Waals surface area contributed by atoms with Crippen LogP contribution in [0.3, 0.4) is 0 Å². The van der Waals surface area contributed by atoms with Gasteiger partial charge in [0, 0.05) is 24.7 Å². The Labute approximate surface area is 110 Å². The molecule has 102 valence electrons. The minimum absolute atomic E-state index is 0.109. The first-order valence-corrected chi connectivity index (χ1v) is 5.90. The molecule has 0 fully saturated rings. The van der Waals surface area contributed by atoms with E-state index in [1.807, 2.05) is 0 Å². The molecule has 1 unspecified atom stereocenters. The lowest BCUT2D eigenvalue weighted by atomic mass is 10.1. The van der Waals surface area contributed by atoms with Gasteiger partial charge in [-0.25, -0.2) is 0 Å². The van der Waals surface area contributed by atoms with Crippen LogP contribution in [0.5, 0.6) is 0 Å². The monoisotopic (exact) mass is 280 g/mol. The van der Waals surface area contributed by atoms with Gasteiger partial charge in [0.25, 0.3) is 0 Å².